The maximum absolute atomic E-state index is 13.1. The third-order valence-electron chi connectivity index (χ3n) is 5.41. The first kappa shape index (κ1) is 16.3. The molecule has 1 aromatic heterocycles. The van der Waals surface area contributed by atoms with Gasteiger partial charge in [-0.1, -0.05) is 59.9 Å². The number of amides is 1. The summed E-state index contributed by atoms with van der Waals surface area (Å²) < 4.78 is 6.04. The molecule has 0 fully saturated rings. The van der Waals surface area contributed by atoms with Crippen LogP contribution in [0, 0.1) is 0 Å². The van der Waals surface area contributed by atoms with Gasteiger partial charge in [0.15, 0.2) is 11.2 Å². The average Bonchev–Trinajstić information content (AvgIpc) is 3.21. The SMILES string of the molecule is CC1c2sc(N)nc2CCN1C(=O)OC1c2ccccc2-c2ccccc21. The van der Waals surface area contributed by atoms with Crippen molar-refractivity contribution in [2.24, 2.45) is 0 Å². The summed E-state index contributed by atoms with van der Waals surface area (Å²) in [5, 5.41) is 0.556. The largest absolute Gasteiger partial charge is 0.436 e. The van der Waals surface area contributed by atoms with Crippen molar-refractivity contribution in [3.05, 3.63) is 70.2 Å². The smallest absolute Gasteiger partial charge is 0.411 e. The van der Waals surface area contributed by atoms with Gasteiger partial charge in [-0.05, 0) is 18.1 Å². The van der Waals surface area contributed by atoms with Crippen LogP contribution in [0.1, 0.15) is 40.8 Å². The van der Waals surface area contributed by atoms with Gasteiger partial charge in [0.25, 0.3) is 0 Å². The molecule has 0 bridgehead atoms. The third-order valence-corrected chi connectivity index (χ3v) is 6.51. The molecule has 6 heteroatoms. The summed E-state index contributed by atoms with van der Waals surface area (Å²) in [6.07, 6.45) is 0.0435. The molecule has 136 valence electrons. The maximum atomic E-state index is 13.1. The van der Waals surface area contributed by atoms with E-state index in [4.69, 9.17) is 10.5 Å². The van der Waals surface area contributed by atoms with E-state index in [0.717, 1.165) is 32.8 Å². The summed E-state index contributed by atoms with van der Waals surface area (Å²) in [4.78, 5) is 20.3. The van der Waals surface area contributed by atoms with E-state index in [-0.39, 0.29) is 18.2 Å². The Bertz CT molecular complexity index is 1000. The molecular weight excluding hydrogens is 358 g/mol. The van der Waals surface area contributed by atoms with Crippen LogP contribution in [0.2, 0.25) is 0 Å². The van der Waals surface area contributed by atoms with Crippen LogP contribution in [0.25, 0.3) is 11.1 Å². The fourth-order valence-corrected chi connectivity index (χ4v) is 5.05. The topological polar surface area (TPSA) is 68.5 Å². The Hall–Kier alpha value is -2.86. The molecule has 0 radical (unpaired) electrons. The lowest BCUT2D eigenvalue weighted by Crippen LogP contribution is -2.39. The van der Waals surface area contributed by atoms with Gasteiger partial charge in [0, 0.05) is 24.1 Å². The molecule has 2 heterocycles. The summed E-state index contributed by atoms with van der Waals surface area (Å²) in [6, 6.07) is 16.2. The van der Waals surface area contributed by atoms with Crippen LogP contribution in [0.15, 0.2) is 48.5 Å². The number of aromatic nitrogens is 1. The number of hydrogen-bond acceptors (Lipinski definition) is 5. The minimum atomic E-state index is -0.370. The highest BCUT2D eigenvalue weighted by Gasteiger charge is 2.36. The standard InChI is InChI=1S/C21H19N3O2S/c1-12-19-17(23-20(22)27-19)10-11-24(12)21(25)26-18-15-8-4-2-6-13(15)14-7-3-5-9-16(14)18/h2-9,12,18H,10-11H2,1H3,(H2,22,23). The molecular formula is C21H19N3O2S. The lowest BCUT2D eigenvalue weighted by Gasteiger charge is -2.32. The summed E-state index contributed by atoms with van der Waals surface area (Å²) in [5.74, 6) is 0. The van der Waals surface area contributed by atoms with Crippen molar-refractivity contribution in [1.29, 1.82) is 0 Å². The van der Waals surface area contributed by atoms with E-state index in [0.29, 0.717) is 18.1 Å². The van der Waals surface area contributed by atoms with Crippen LogP contribution >= 0.6 is 11.3 Å². The Balaban J connectivity index is 1.45. The number of thiazole rings is 1. The fraction of sp³-hybridized carbons (Fsp3) is 0.238. The number of nitrogens with two attached hydrogens (primary N) is 1. The first-order valence-corrected chi connectivity index (χ1v) is 9.85. The van der Waals surface area contributed by atoms with E-state index in [1.165, 1.54) is 11.3 Å². The van der Waals surface area contributed by atoms with Crippen LogP contribution in [-0.2, 0) is 11.2 Å². The Morgan fingerprint density at radius 2 is 1.78 bits per heavy atom. The van der Waals surface area contributed by atoms with Crippen molar-refractivity contribution in [1.82, 2.24) is 9.88 Å². The van der Waals surface area contributed by atoms with Gasteiger partial charge in [-0.2, -0.15) is 0 Å². The number of nitrogen functional groups attached to an aromatic ring is 1. The Labute approximate surface area is 161 Å². The molecule has 0 spiro atoms. The van der Waals surface area contributed by atoms with E-state index >= 15 is 0 Å². The second-order valence-corrected chi connectivity index (χ2v) is 7.98. The molecule has 5 nitrogen and oxygen atoms in total. The predicted molar refractivity (Wildman–Crippen MR) is 106 cm³/mol. The zero-order valence-electron chi connectivity index (χ0n) is 14.9. The number of rotatable bonds is 1. The van der Waals surface area contributed by atoms with Gasteiger partial charge in [-0.15, -0.1) is 0 Å². The molecule has 1 amide bonds. The van der Waals surface area contributed by atoms with Gasteiger partial charge in [-0.3, -0.25) is 0 Å². The number of fused-ring (bicyclic) bond motifs is 4. The van der Waals surface area contributed by atoms with E-state index in [1.807, 2.05) is 43.3 Å². The zero-order valence-corrected chi connectivity index (χ0v) is 15.7. The van der Waals surface area contributed by atoms with Gasteiger partial charge in [-0.25, -0.2) is 9.78 Å². The van der Waals surface area contributed by atoms with Crippen LogP contribution in [-0.4, -0.2) is 22.5 Å². The second kappa shape index (κ2) is 6.09. The number of benzene rings is 2. The molecule has 1 aliphatic heterocycles. The quantitative estimate of drug-likeness (QED) is 0.675. The minimum Gasteiger partial charge on any atom is -0.436 e. The van der Waals surface area contributed by atoms with Crippen LogP contribution in [0.5, 0.6) is 0 Å². The first-order valence-electron chi connectivity index (χ1n) is 9.04. The van der Waals surface area contributed by atoms with Crippen molar-refractivity contribution in [2.75, 3.05) is 12.3 Å². The van der Waals surface area contributed by atoms with E-state index in [2.05, 4.69) is 17.1 Å². The minimum absolute atomic E-state index is 0.0806. The molecule has 5 rings (SSSR count). The second-order valence-electron chi connectivity index (χ2n) is 6.92. The van der Waals surface area contributed by atoms with Crippen LogP contribution in [0.3, 0.4) is 0 Å². The molecule has 1 atom stereocenters. The third kappa shape index (κ3) is 2.51. The van der Waals surface area contributed by atoms with E-state index < -0.39 is 0 Å². The van der Waals surface area contributed by atoms with Crippen molar-refractivity contribution in [2.45, 2.75) is 25.5 Å². The van der Waals surface area contributed by atoms with Crippen LogP contribution < -0.4 is 5.73 Å². The predicted octanol–water partition coefficient (Wildman–Crippen LogP) is 4.55. The lowest BCUT2D eigenvalue weighted by molar-refractivity contribution is 0.0652. The van der Waals surface area contributed by atoms with Crippen molar-refractivity contribution < 1.29 is 9.53 Å². The first-order chi connectivity index (χ1) is 13.1. The highest BCUT2D eigenvalue weighted by Crippen LogP contribution is 2.45. The fourth-order valence-electron chi connectivity index (χ4n) is 4.10. The molecule has 1 aliphatic carbocycles. The molecule has 27 heavy (non-hydrogen) atoms. The summed E-state index contributed by atoms with van der Waals surface area (Å²) in [7, 11) is 0. The van der Waals surface area contributed by atoms with Gasteiger partial charge in [0.05, 0.1) is 16.6 Å². The summed E-state index contributed by atoms with van der Waals surface area (Å²) in [5.41, 5.74) is 11.2. The molecule has 2 N–H and O–H groups in total. The van der Waals surface area contributed by atoms with Crippen molar-refractivity contribution >= 4 is 22.6 Å². The summed E-state index contributed by atoms with van der Waals surface area (Å²) >= 11 is 1.46. The average molecular weight is 377 g/mol. The van der Waals surface area contributed by atoms with Crippen LogP contribution in [0.4, 0.5) is 9.93 Å². The molecule has 0 saturated carbocycles. The maximum Gasteiger partial charge on any atom is 0.411 e. The van der Waals surface area contributed by atoms with Gasteiger partial charge >= 0.3 is 6.09 Å². The Morgan fingerprint density at radius 3 is 2.44 bits per heavy atom. The van der Waals surface area contributed by atoms with E-state index in [9.17, 15) is 4.79 Å². The number of carbonyl (C=O) groups is 1. The summed E-state index contributed by atoms with van der Waals surface area (Å²) in [6.45, 7) is 2.60. The highest BCUT2D eigenvalue weighted by atomic mass is 32.1. The number of nitrogens with zero attached hydrogens (tertiary/aromatic N) is 2. The normalized spacial score (nSPS) is 18.0. The van der Waals surface area contributed by atoms with E-state index in [1.54, 1.807) is 4.90 Å². The zero-order chi connectivity index (χ0) is 18.5. The van der Waals surface area contributed by atoms with Gasteiger partial charge in [0.2, 0.25) is 0 Å². The Morgan fingerprint density at radius 1 is 1.15 bits per heavy atom. The number of anilines is 1. The Kier molecular flexibility index (Phi) is 3.68. The molecule has 2 aliphatic rings. The number of ether oxygens (including phenoxy) is 1. The lowest BCUT2D eigenvalue weighted by atomic mass is 10.1. The van der Waals surface area contributed by atoms with Crippen molar-refractivity contribution in [3.8, 4) is 11.1 Å². The van der Waals surface area contributed by atoms with Crippen molar-refractivity contribution in [3.63, 3.8) is 0 Å². The monoisotopic (exact) mass is 377 g/mol. The van der Waals surface area contributed by atoms with Gasteiger partial charge < -0.3 is 15.4 Å². The number of hydrogen-bond donors (Lipinski definition) is 1. The molecule has 2 aromatic carbocycles. The molecule has 1 unspecified atom stereocenters. The van der Waals surface area contributed by atoms with Gasteiger partial charge in [0.1, 0.15) is 0 Å². The molecule has 0 saturated heterocycles. The number of carbonyl (C=O) groups excluding carboxylic acids is 1. The highest BCUT2D eigenvalue weighted by molar-refractivity contribution is 7.15. The molecule has 3 aromatic rings.